The van der Waals surface area contributed by atoms with E-state index in [0.29, 0.717) is 19.3 Å². The molecule has 0 saturated heterocycles. The molecule has 0 heterocycles. The van der Waals surface area contributed by atoms with E-state index < -0.39 is 6.10 Å². The first-order valence-corrected chi connectivity index (χ1v) is 23.2. The second kappa shape index (κ2) is 42.9. The first-order valence-electron chi connectivity index (χ1n) is 23.2. The number of rotatable bonds is 42. The zero-order valence-corrected chi connectivity index (χ0v) is 35.6. The Bertz CT molecular complexity index is 824. The minimum Gasteiger partial charge on any atom is -0.462 e. The summed E-state index contributed by atoms with van der Waals surface area (Å²) in [5, 5.41) is 0. The van der Waals surface area contributed by atoms with Crippen LogP contribution in [0.1, 0.15) is 252 Å². The quantitative estimate of drug-likeness (QED) is 0.0268. The Kier molecular flexibility index (Phi) is 41.4. The predicted octanol–water partition coefficient (Wildman–Crippen LogP) is 14.6. The standard InChI is InChI=1S/C47H88O6/c1-4-7-10-13-16-19-21-23-24-25-27-28-31-34-37-40-46(49)52-43-44(42-51-45(48)39-36-33-30-18-15-12-9-6-3)53-47(50)41-38-35-32-29-26-22-20-17-14-11-8-5-2/h23-24,44H,4-22,25-43H2,1-3H3/b24-23-. The molecule has 53 heavy (non-hydrogen) atoms. The first-order chi connectivity index (χ1) is 26.0. The highest BCUT2D eigenvalue weighted by Crippen LogP contribution is 2.15. The van der Waals surface area contributed by atoms with Crippen molar-refractivity contribution in [1.82, 2.24) is 0 Å². The van der Waals surface area contributed by atoms with Gasteiger partial charge in [0, 0.05) is 19.3 Å². The molecule has 312 valence electrons. The number of carbonyl (C=O) groups excluding carboxylic acids is 3. The van der Waals surface area contributed by atoms with E-state index in [1.165, 1.54) is 148 Å². The Morgan fingerprint density at radius 1 is 0.358 bits per heavy atom. The molecule has 0 aromatic rings. The summed E-state index contributed by atoms with van der Waals surface area (Å²) in [4.78, 5) is 37.6. The van der Waals surface area contributed by atoms with E-state index >= 15 is 0 Å². The van der Waals surface area contributed by atoms with Gasteiger partial charge in [0.1, 0.15) is 13.2 Å². The lowest BCUT2D eigenvalue weighted by Gasteiger charge is -2.18. The van der Waals surface area contributed by atoms with Crippen molar-refractivity contribution in [2.45, 2.75) is 258 Å². The second-order valence-corrected chi connectivity index (χ2v) is 15.7. The molecule has 0 amide bonds. The van der Waals surface area contributed by atoms with Gasteiger partial charge in [-0.3, -0.25) is 14.4 Å². The topological polar surface area (TPSA) is 78.9 Å². The zero-order chi connectivity index (χ0) is 38.7. The van der Waals surface area contributed by atoms with Crippen molar-refractivity contribution in [3.8, 4) is 0 Å². The van der Waals surface area contributed by atoms with E-state index in [2.05, 4.69) is 32.9 Å². The van der Waals surface area contributed by atoms with Crippen LogP contribution in [-0.4, -0.2) is 37.2 Å². The molecule has 0 bridgehead atoms. The van der Waals surface area contributed by atoms with Gasteiger partial charge in [-0.25, -0.2) is 0 Å². The van der Waals surface area contributed by atoms with E-state index in [-0.39, 0.29) is 31.1 Å². The van der Waals surface area contributed by atoms with Crippen LogP contribution >= 0.6 is 0 Å². The fourth-order valence-corrected chi connectivity index (χ4v) is 6.73. The molecular weight excluding hydrogens is 661 g/mol. The molecule has 0 aliphatic heterocycles. The second-order valence-electron chi connectivity index (χ2n) is 15.7. The molecule has 0 spiro atoms. The smallest absolute Gasteiger partial charge is 0.306 e. The third-order valence-corrected chi connectivity index (χ3v) is 10.3. The summed E-state index contributed by atoms with van der Waals surface area (Å²) in [5.74, 6) is -0.873. The SMILES string of the molecule is CCCCCCCC/C=C\CCCCCCCC(=O)OCC(COC(=O)CCCCCCCCCC)OC(=O)CCCCCCCCCCCCCC. The molecular formula is C47H88O6. The zero-order valence-electron chi connectivity index (χ0n) is 35.6. The highest BCUT2D eigenvalue weighted by Gasteiger charge is 2.19. The molecule has 0 aliphatic rings. The van der Waals surface area contributed by atoms with Gasteiger partial charge in [-0.1, -0.05) is 200 Å². The number of esters is 3. The van der Waals surface area contributed by atoms with E-state index in [1.54, 1.807) is 0 Å². The number of hydrogen-bond donors (Lipinski definition) is 0. The van der Waals surface area contributed by atoms with Gasteiger partial charge in [-0.05, 0) is 44.9 Å². The van der Waals surface area contributed by atoms with E-state index in [1.807, 2.05) is 0 Å². The number of carbonyl (C=O) groups is 3. The summed E-state index contributed by atoms with van der Waals surface area (Å²) >= 11 is 0. The maximum atomic E-state index is 12.7. The van der Waals surface area contributed by atoms with Crippen molar-refractivity contribution in [2.24, 2.45) is 0 Å². The van der Waals surface area contributed by atoms with Gasteiger partial charge in [0.05, 0.1) is 0 Å². The normalized spacial score (nSPS) is 12.0. The third kappa shape index (κ3) is 41.2. The predicted molar refractivity (Wildman–Crippen MR) is 224 cm³/mol. The van der Waals surface area contributed by atoms with Crippen LogP contribution in [0.3, 0.4) is 0 Å². The van der Waals surface area contributed by atoms with Crippen molar-refractivity contribution in [2.75, 3.05) is 13.2 Å². The number of unbranched alkanes of at least 4 members (excludes halogenated alkanes) is 29. The van der Waals surface area contributed by atoms with Crippen LogP contribution in [0.15, 0.2) is 12.2 Å². The number of allylic oxidation sites excluding steroid dienone is 2. The molecule has 6 heteroatoms. The Morgan fingerprint density at radius 2 is 0.623 bits per heavy atom. The summed E-state index contributed by atoms with van der Waals surface area (Å²) in [7, 11) is 0. The lowest BCUT2D eigenvalue weighted by atomic mass is 10.0. The van der Waals surface area contributed by atoms with Gasteiger partial charge < -0.3 is 14.2 Å². The van der Waals surface area contributed by atoms with Gasteiger partial charge in [-0.2, -0.15) is 0 Å². The summed E-state index contributed by atoms with van der Waals surface area (Å²) in [6, 6.07) is 0. The van der Waals surface area contributed by atoms with E-state index in [0.717, 1.165) is 64.2 Å². The van der Waals surface area contributed by atoms with Gasteiger partial charge in [0.2, 0.25) is 0 Å². The minimum absolute atomic E-state index is 0.0687. The van der Waals surface area contributed by atoms with Crippen LogP contribution in [0.5, 0.6) is 0 Å². The number of hydrogen-bond acceptors (Lipinski definition) is 6. The van der Waals surface area contributed by atoms with E-state index in [4.69, 9.17) is 14.2 Å². The molecule has 0 aromatic heterocycles. The summed E-state index contributed by atoms with van der Waals surface area (Å²) < 4.78 is 16.7. The number of ether oxygens (including phenoxy) is 3. The maximum absolute atomic E-state index is 12.7. The highest BCUT2D eigenvalue weighted by molar-refractivity contribution is 5.71. The lowest BCUT2D eigenvalue weighted by molar-refractivity contribution is -0.167. The van der Waals surface area contributed by atoms with Crippen molar-refractivity contribution in [3.05, 3.63) is 12.2 Å². The summed E-state index contributed by atoms with van der Waals surface area (Å²) in [6.07, 6.45) is 44.8. The average Bonchev–Trinajstić information content (AvgIpc) is 3.15. The molecule has 0 aliphatic carbocycles. The van der Waals surface area contributed by atoms with Gasteiger partial charge in [-0.15, -0.1) is 0 Å². The molecule has 0 aromatic carbocycles. The van der Waals surface area contributed by atoms with Crippen LogP contribution < -0.4 is 0 Å². The Morgan fingerprint density at radius 3 is 0.943 bits per heavy atom. The fraction of sp³-hybridized carbons (Fsp3) is 0.894. The van der Waals surface area contributed by atoms with Crippen molar-refractivity contribution >= 4 is 17.9 Å². The summed E-state index contributed by atoms with van der Waals surface area (Å²) in [6.45, 7) is 6.60. The maximum Gasteiger partial charge on any atom is 0.306 e. The molecule has 0 fully saturated rings. The summed E-state index contributed by atoms with van der Waals surface area (Å²) in [5.41, 5.74) is 0. The Balaban J connectivity index is 4.30. The van der Waals surface area contributed by atoms with Gasteiger partial charge >= 0.3 is 17.9 Å². The van der Waals surface area contributed by atoms with Crippen LogP contribution in [0, 0.1) is 0 Å². The van der Waals surface area contributed by atoms with Gasteiger partial charge in [0.15, 0.2) is 6.10 Å². The molecule has 1 atom stereocenters. The Hall–Kier alpha value is -1.85. The Labute approximate surface area is 329 Å². The average molecular weight is 749 g/mol. The van der Waals surface area contributed by atoms with Crippen LogP contribution in [0.4, 0.5) is 0 Å². The van der Waals surface area contributed by atoms with Crippen molar-refractivity contribution < 1.29 is 28.6 Å². The molecule has 0 N–H and O–H groups in total. The third-order valence-electron chi connectivity index (χ3n) is 10.3. The molecule has 6 nitrogen and oxygen atoms in total. The van der Waals surface area contributed by atoms with E-state index in [9.17, 15) is 14.4 Å². The molecule has 0 saturated carbocycles. The lowest BCUT2D eigenvalue weighted by Crippen LogP contribution is -2.30. The molecule has 1 unspecified atom stereocenters. The van der Waals surface area contributed by atoms with Gasteiger partial charge in [0.25, 0.3) is 0 Å². The van der Waals surface area contributed by atoms with Crippen molar-refractivity contribution in [1.29, 1.82) is 0 Å². The fourth-order valence-electron chi connectivity index (χ4n) is 6.73. The first kappa shape index (κ1) is 51.1. The van der Waals surface area contributed by atoms with Crippen molar-refractivity contribution in [3.63, 3.8) is 0 Å². The van der Waals surface area contributed by atoms with Crippen LogP contribution in [0.2, 0.25) is 0 Å². The van der Waals surface area contributed by atoms with Crippen LogP contribution in [-0.2, 0) is 28.6 Å². The molecule has 0 rings (SSSR count). The van der Waals surface area contributed by atoms with Crippen LogP contribution in [0.25, 0.3) is 0 Å². The largest absolute Gasteiger partial charge is 0.462 e. The monoisotopic (exact) mass is 749 g/mol. The minimum atomic E-state index is -0.764. The highest BCUT2D eigenvalue weighted by atomic mass is 16.6. The molecule has 0 radical (unpaired) electrons.